The highest BCUT2D eigenvalue weighted by molar-refractivity contribution is 7.99. The highest BCUT2D eigenvalue weighted by Gasteiger charge is 2.30. The largest absolute Gasteiger partial charge is 0.466 e. The van der Waals surface area contributed by atoms with Crippen LogP contribution in [0.4, 0.5) is 22.0 Å². The van der Waals surface area contributed by atoms with Gasteiger partial charge in [-0.2, -0.15) is 13.2 Å². The predicted octanol–water partition coefficient (Wildman–Crippen LogP) is 6.75. The summed E-state index contributed by atoms with van der Waals surface area (Å²) in [6.45, 7) is 1.73. The number of thioether (sulfide) groups is 1. The SMILES string of the molecule is COC(=O)/C=C/c1cc(C(Sc2ccc(C(F)(F)F)cc2)c2cc(F)ccc2F)c(C)cn1. The lowest BCUT2D eigenvalue weighted by atomic mass is 10.00. The fourth-order valence-electron chi connectivity index (χ4n) is 3.02. The number of nitrogens with zero attached hydrogens (tertiary/aromatic N) is 1. The van der Waals surface area contributed by atoms with Gasteiger partial charge < -0.3 is 4.74 Å². The Bertz CT molecular complexity index is 1180. The van der Waals surface area contributed by atoms with Gasteiger partial charge in [0.15, 0.2) is 0 Å². The summed E-state index contributed by atoms with van der Waals surface area (Å²) in [7, 11) is 1.23. The van der Waals surface area contributed by atoms with Crippen molar-refractivity contribution in [3.63, 3.8) is 0 Å². The first-order valence-corrected chi connectivity index (χ1v) is 10.5. The Balaban J connectivity index is 2.07. The number of hydrogen-bond acceptors (Lipinski definition) is 4. The molecule has 1 atom stereocenters. The average molecular weight is 479 g/mol. The molecule has 0 aliphatic rings. The van der Waals surface area contributed by atoms with Crippen LogP contribution in [0.3, 0.4) is 0 Å². The molecule has 0 radical (unpaired) electrons. The van der Waals surface area contributed by atoms with Crippen molar-refractivity contribution in [2.24, 2.45) is 0 Å². The molecule has 0 aliphatic carbocycles. The molecule has 0 aliphatic heterocycles. The van der Waals surface area contributed by atoms with Crippen molar-refractivity contribution in [3.05, 3.63) is 100 Å². The molecule has 3 rings (SSSR count). The lowest BCUT2D eigenvalue weighted by molar-refractivity contribution is -0.137. The second-order valence-electron chi connectivity index (χ2n) is 7.01. The van der Waals surface area contributed by atoms with Gasteiger partial charge in [-0.15, -0.1) is 11.8 Å². The number of carbonyl (C=O) groups is 1. The van der Waals surface area contributed by atoms with E-state index < -0.39 is 34.6 Å². The summed E-state index contributed by atoms with van der Waals surface area (Å²) in [6.07, 6.45) is -0.386. The zero-order valence-corrected chi connectivity index (χ0v) is 18.3. The van der Waals surface area contributed by atoms with Gasteiger partial charge in [0.05, 0.1) is 23.6 Å². The van der Waals surface area contributed by atoms with Crippen molar-refractivity contribution in [3.8, 4) is 0 Å². The highest BCUT2D eigenvalue weighted by Crippen LogP contribution is 2.43. The average Bonchev–Trinajstić information content (AvgIpc) is 2.78. The second kappa shape index (κ2) is 10.2. The molecule has 9 heteroatoms. The van der Waals surface area contributed by atoms with Gasteiger partial charge in [-0.3, -0.25) is 4.98 Å². The van der Waals surface area contributed by atoms with Gasteiger partial charge in [0.1, 0.15) is 11.6 Å². The number of halogens is 5. The van der Waals surface area contributed by atoms with Crippen molar-refractivity contribution < 1.29 is 31.5 Å². The summed E-state index contributed by atoms with van der Waals surface area (Å²) in [6, 6.07) is 9.10. The molecule has 0 fully saturated rings. The molecular weight excluding hydrogens is 461 g/mol. The third-order valence-electron chi connectivity index (χ3n) is 4.72. The number of hydrogen-bond donors (Lipinski definition) is 0. The molecule has 1 aromatic heterocycles. The van der Waals surface area contributed by atoms with E-state index in [1.54, 1.807) is 13.0 Å². The van der Waals surface area contributed by atoms with Crippen molar-refractivity contribution in [2.45, 2.75) is 23.2 Å². The third kappa shape index (κ3) is 6.19. The maximum atomic E-state index is 14.7. The standard InChI is InChI=1S/C24H18F5NO2S/c1-14-13-30-17(6-10-22(31)32-2)12-19(14)23(20-11-16(25)5-9-21(20)26)33-18-7-3-15(4-8-18)24(27,28)29/h3-13,23H,1-2H3/b10-6+. The van der Waals surface area contributed by atoms with E-state index in [4.69, 9.17) is 0 Å². The summed E-state index contributed by atoms with van der Waals surface area (Å²) in [5, 5.41) is -0.800. The van der Waals surface area contributed by atoms with Gasteiger partial charge in [0.25, 0.3) is 0 Å². The van der Waals surface area contributed by atoms with E-state index in [-0.39, 0.29) is 5.56 Å². The maximum Gasteiger partial charge on any atom is 0.416 e. The molecule has 33 heavy (non-hydrogen) atoms. The molecule has 0 saturated heterocycles. The molecule has 0 spiro atoms. The van der Waals surface area contributed by atoms with E-state index in [2.05, 4.69) is 9.72 Å². The molecule has 0 bridgehead atoms. The predicted molar refractivity (Wildman–Crippen MR) is 116 cm³/mol. The lowest BCUT2D eigenvalue weighted by Gasteiger charge is -2.21. The number of aryl methyl sites for hydroxylation is 1. The molecule has 0 amide bonds. The van der Waals surface area contributed by atoms with Gasteiger partial charge in [-0.25, -0.2) is 13.6 Å². The van der Waals surface area contributed by atoms with Gasteiger partial charge in [0, 0.05) is 22.7 Å². The van der Waals surface area contributed by atoms with Gasteiger partial charge in [0.2, 0.25) is 0 Å². The molecule has 3 aromatic rings. The Labute approximate surface area is 191 Å². The Kier molecular flexibility index (Phi) is 7.53. The molecule has 172 valence electrons. The number of rotatable bonds is 6. The van der Waals surface area contributed by atoms with Crippen LogP contribution in [0, 0.1) is 18.6 Å². The van der Waals surface area contributed by atoms with Crippen LogP contribution in [0.1, 0.15) is 33.2 Å². The normalized spacial score (nSPS) is 12.7. The fraction of sp³-hybridized carbons (Fsp3) is 0.167. The molecule has 1 unspecified atom stereocenters. The van der Waals surface area contributed by atoms with Crippen LogP contribution < -0.4 is 0 Å². The number of benzene rings is 2. The first kappa shape index (κ1) is 24.4. The number of alkyl halides is 3. The van der Waals surface area contributed by atoms with Crippen LogP contribution >= 0.6 is 11.8 Å². The second-order valence-corrected chi connectivity index (χ2v) is 8.19. The summed E-state index contributed by atoms with van der Waals surface area (Å²) < 4.78 is 72.0. The minimum absolute atomic E-state index is 0.0251. The van der Waals surface area contributed by atoms with Gasteiger partial charge >= 0.3 is 12.1 Å². The minimum Gasteiger partial charge on any atom is -0.466 e. The van der Waals surface area contributed by atoms with E-state index in [1.807, 2.05) is 0 Å². The Morgan fingerprint density at radius 3 is 2.39 bits per heavy atom. The topological polar surface area (TPSA) is 39.2 Å². The Morgan fingerprint density at radius 2 is 1.76 bits per heavy atom. The van der Waals surface area contributed by atoms with Crippen LogP contribution in [-0.2, 0) is 15.7 Å². The van der Waals surface area contributed by atoms with Crippen molar-refractivity contribution >= 4 is 23.8 Å². The molecule has 0 saturated carbocycles. The zero-order chi connectivity index (χ0) is 24.2. The molecule has 3 nitrogen and oxygen atoms in total. The van der Waals surface area contributed by atoms with E-state index in [9.17, 15) is 26.7 Å². The van der Waals surface area contributed by atoms with Crippen LogP contribution in [-0.4, -0.2) is 18.1 Å². The fourth-order valence-corrected chi connectivity index (χ4v) is 4.27. The monoisotopic (exact) mass is 479 g/mol. The summed E-state index contributed by atoms with van der Waals surface area (Å²) in [5.74, 6) is -1.91. The molecule has 1 heterocycles. The first-order valence-electron chi connectivity index (χ1n) is 9.60. The Hall–Kier alpha value is -3.20. The summed E-state index contributed by atoms with van der Waals surface area (Å²) >= 11 is 1.07. The van der Waals surface area contributed by atoms with E-state index in [0.717, 1.165) is 42.1 Å². The van der Waals surface area contributed by atoms with Crippen molar-refractivity contribution in [1.82, 2.24) is 4.98 Å². The van der Waals surface area contributed by atoms with E-state index in [0.29, 0.717) is 21.7 Å². The number of pyridine rings is 1. The zero-order valence-electron chi connectivity index (χ0n) is 17.5. The van der Waals surface area contributed by atoms with Crippen LogP contribution in [0.25, 0.3) is 6.08 Å². The van der Waals surface area contributed by atoms with Crippen LogP contribution in [0.15, 0.2) is 65.7 Å². The van der Waals surface area contributed by atoms with Crippen LogP contribution in [0.2, 0.25) is 0 Å². The maximum absolute atomic E-state index is 14.7. The number of ether oxygens (including phenoxy) is 1. The number of esters is 1. The summed E-state index contributed by atoms with van der Waals surface area (Å²) in [5.41, 5.74) is 0.797. The van der Waals surface area contributed by atoms with Crippen molar-refractivity contribution in [1.29, 1.82) is 0 Å². The first-order chi connectivity index (χ1) is 15.6. The number of methoxy groups -OCH3 is 1. The third-order valence-corrected chi connectivity index (χ3v) is 6.00. The Morgan fingerprint density at radius 1 is 1.06 bits per heavy atom. The van der Waals surface area contributed by atoms with Gasteiger partial charge in [-0.1, -0.05) is 0 Å². The highest BCUT2D eigenvalue weighted by atomic mass is 32.2. The smallest absolute Gasteiger partial charge is 0.416 e. The number of carbonyl (C=O) groups excluding carboxylic acids is 1. The van der Waals surface area contributed by atoms with E-state index >= 15 is 0 Å². The van der Waals surface area contributed by atoms with Crippen molar-refractivity contribution in [2.75, 3.05) is 7.11 Å². The van der Waals surface area contributed by atoms with Crippen LogP contribution in [0.5, 0.6) is 0 Å². The minimum atomic E-state index is -4.49. The molecule has 2 aromatic carbocycles. The number of aromatic nitrogens is 1. The van der Waals surface area contributed by atoms with Gasteiger partial charge in [-0.05, 0) is 72.7 Å². The lowest BCUT2D eigenvalue weighted by Crippen LogP contribution is -2.06. The van der Waals surface area contributed by atoms with E-state index in [1.165, 1.54) is 37.6 Å². The molecular formula is C24H18F5NO2S. The quantitative estimate of drug-likeness (QED) is 0.170. The molecule has 0 N–H and O–H groups in total. The summed E-state index contributed by atoms with van der Waals surface area (Å²) in [4.78, 5) is 16.0.